The Kier molecular flexibility index (Phi) is 4.11. The molecule has 2 aliphatic heterocycles. The Morgan fingerprint density at radius 3 is 2.79 bits per heavy atom. The van der Waals surface area contributed by atoms with Crippen molar-refractivity contribution in [3.05, 3.63) is 22.7 Å². The number of hydrogen-bond donors (Lipinski definition) is 1. The molecule has 1 aromatic carbocycles. The van der Waals surface area contributed by atoms with Crippen molar-refractivity contribution in [1.29, 1.82) is 0 Å². The molecule has 104 valence electrons. The number of rotatable bonds is 2. The molecule has 1 aromatic rings. The summed E-state index contributed by atoms with van der Waals surface area (Å²) in [6.07, 6.45) is 0.901. The van der Waals surface area contributed by atoms with E-state index >= 15 is 0 Å². The molecule has 0 atom stereocenters. The molecule has 0 unspecified atom stereocenters. The summed E-state index contributed by atoms with van der Waals surface area (Å²) in [5, 5.41) is 4.06. The molecule has 3 rings (SSSR count). The van der Waals surface area contributed by atoms with Crippen molar-refractivity contribution in [3.8, 4) is 11.5 Å². The van der Waals surface area contributed by atoms with E-state index in [0.717, 1.165) is 50.5 Å². The first-order chi connectivity index (χ1) is 9.34. The van der Waals surface area contributed by atoms with Crippen LogP contribution < -0.4 is 14.8 Å². The number of fused-ring (bicyclic) bond motifs is 1. The molecule has 0 aliphatic carbocycles. The zero-order valence-corrected chi connectivity index (χ0v) is 11.7. The highest BCUT2D eigenvalue weighted by molar-refractivity contribution is 6.33. The molecule has 0 bridgehead atoms. The SMILES string of the molecule is Clc1c(CN2CCNCC2)ccc2c1OCCCO2. The van der Waals surface area contributed by atoms with E-state index in [2.05, 4.69) is 16.3 Å². The van der Waals surface area contributed by atoms with Gasteiger partial charge < -0.3 is 14.8 Å². The Bertz CT molecular complexity index is 447. The number of halogens is 1. The van der Waals surface area contributed by atoms with Gasteiger partial charge in [-0.3, -0.25) is 4.90 Å². The number of piperazine rings is 1. The van der Waals surface area contributed by atoms with Gasteiger partial charge in [-0.15, -0.1) is 0 Å². The number of ether oxygens (including phenoxy) is 2. The Labute approximate surface area is 118 Å². The van der Waals surface area contributed by atoms with E-state index in [1.807, 2.05) is 6.07 Å². The van der Waals surface area contributed by atoms with Crippen molar-refractivity contribution in [2.45, 2.75) is 13.0 Å². The Morgan fingerprint density at radius 2 is 1.95 bits per heavy atom. The van der Waals surface area contributed by atoms with Gasteiger partial charge in [0.2, 0.25) is 0 Å². The minimum absolute atomic E-state index is 0.670. The second-order valence-electron chi connectivity index (χ2n) is 4.94. The molecule has 5 heteroatoms. The van der Waals surface area contributed by atoms with Crippen LogP contribution in [0.25, 0.3) is 0 Å². The van der Waals surface area contributed by atoms with Crippen LogP contribution >= 0.6 is 11.6 Å². The fourth-order valence-corrected chi connectivity index (χ4v) is 2.75. The number of hydrogen-bond acceptors (Lipinski definition) is 4. The number of nitrogens with one attached hydrogen (secondary N) is 1. The van der Waals surface area contributed by atoms with E-state index < -0.39 is 0 Å². The van der Waals surface area contributed by atoms with Crippen LogP contribution in [0.2, 0.25) is 5.02 Å². The first kappa shape index (κ1) is 13.0. The van der Waals surface area contributed by atoms with Gasteiger partial charge in [0.1, 0.15) is 0 Å². The van der Waals surface area contributed by atoms with Gasteiger partial charge in [0, 0.05) is 39.1 Å². The fraction of sp³-hybridized carbons (Fsp3) is 0.571. The first-order valence-corrected chi connectivity index (χ1v) is 7.22. The molecule has 0 radical (unpaired) electrons. The second kappa shape index (κ2) is 5.99. The summed E-state index contributed by atoms with van der Waals surface area (Å²) in [5.41, 5.74) is 1.12. The molecule has 0 aromatic heterocycles. The topological polar surface area (TPSA) is 33.7 Å². The molecular formula is C14H19ClN2O2. The van der Waals surface area contributed by atoms with Crippen molar-refractivity contribution in [2.24, 2.45) is 0 Å². The van der Waals surface area contributed by atoms with Crippen LogP contribution in [-0.2, 0) is 6.54 Å². The fourth-order valence-electron chi connectivity index (χ4n) is 2.47. The lowest BCUT2D eigenvalue weighted by Gasteiger charge is -2.27. The third-order valence-electron chi connectivity index (χ3n) is 3.54. The lowest BCUT2D eigenvalue weighted by atomic mass is 10.1. The van der Waals surface area contributed by atoms with E-state index in [4.69, 9.17) is 21.1 Å². The summed E-state index contributed by atoms with van der Waals surface area (Å²) in [4.78, 5) is 2.40. The first-order valence-electron chi connectivity index (χ1n) is 6.84. The smallest absolute Gasteiger partial charge is 0.180 e. The lowest BCUT2D eigenvalue weighted by Crippen LogP contribution is -2.42. The van der Waals surface area contributed by atoms with Crippen molar-refractivity contribution >= 4 is 11.6 Å². The standard InChI is InChI=1S/C14H19ClN2O2/c15-13-11(10-17-6-4-16-5-7-17)2-3-12-14(13)19-9-1-8-18-12/h2-3,16H,1,4-10H2. The molecule has 19 heavy (non-hydrogen) atoms. The molecule has 0 amide bonds. The highest BCUT2D eigenvalue weighted by Gasteiger charge is 2.19. The highest BCUT2D eigenvalue weighted by atomic mass is 35.5. The largest absolute Gasteiger partial charge is 0.490 e. The summed E-state index contributed by atoms with van der Waals surface area (Å²) in [6, 6.07) is 4.03. The molecule has 1 fully saturated rings. The van der Waals surface area contributed by atoms with Gasteiger partial charge in [0.15, 0.2) is 11.5 Å². The van der Waals surface area contributed by atoms with Crippen LogP contribution in [0.3, 0.4) is 0 Å². The molecule has 4 nitrogen and oxygen atoms in total. The van der Waals surface area contributed by atoms with Crippen LogP contribution in [0, 0.1) is 0 Å². The van der Waals surface area contributed by atoms with E-state index in [9.17, 15) is 0 Å². The maximum absolute atomic E-state index is 6.47. The van der Waals surface area contributed by atoms with Crippen LogP contribution in [-0.4, -0.2) is 44.3 Å². The predicted molar refractivity (Wildman–Crippen MR) is 75.2 cm³/mol. The summed E-state index contributed by atoms with van der Waals surface area (Å²) >= 11 is 6.47. The van der Waals surface area contributed by atoms with Crippen LogP contribution in [0.1, 0.15) is 12.0 Å². The van der Waals surface area contributed by atoms with E-state index in [0.29, 0.717) is 24.0 Å². The third-order valence-corrected chi connectivity index (χ3v) is 3.95. The molecule has 1 saturated heterocycles. The van der Waals surface area contributed by atoms with Crippen molar-refractivity contribution < 1.29 is 9.47 Å². The highest BCUT2D eigenvalue weighted by Crippen LogP contribution is 2.39. The van der Waals surface area contributed by atoms with Crippen molar-refractivity contribution in [1.82, 2.24) is 10.2 Å². The minimum atomic E-state index is 0.670. The minimum Gasteiger partial charge on any atom is -0.490 e. The summed E-state index contributed by atoms with van der Waals surface area (Å²) in [6.45, 7) is 6.45. The summed E-state index contributed by atoms with van der Waals surface area (Å²) in [7, 11) is 0. The zero-order chi connectivity index (χ0) is 13.1. The van der Waals surface area contributed by atoms with Gasteiger partial charge in [-0.1, -0.05) is 17.7 Å². The molecule has 2 aliphatic rings. The monoisotopic (exact) mass is 282 g/mol. The molecule has 0 spiro atoms. The summed E-state index contributed by atoms with van der Waals surface area (Å²) in [5.74, 6) is 1.48. The van der Waals surface area contributed by atoms with Gasteiger partial charge in [-0.25, -0.2) is 0 Å². The second-order valence-corrected chi connectivity index (χ2v) is 5.32. The lowest BCUT2D eigenvalue weighted by molar-refractivity contribution is 0.233. The van der Waals surface area contributed by atoms with Crippen molar-refractivity contribution in [2.75, 3.05) is 39.4 Å². The zero-order valence-electron chi connectivity index (χ0n) is 11.0. The molecule has 0 saturated carbocycles. The predicted octanol–water partition coefficient (Wildman–Crippen LogP) is 1.91. The Hall–Kier alpha value is -0.970. The molecular weight excluding hydrogens is 264 g/mol. The van der Waals surface area contributed by atoms with Crippen molar-refractivity contribution in [3.63, 3.8) is 0 Å². The average Bonchev–Trinajstić information content (AvgIpc) is 2.69. The Balaban J connectivity index is 1.80. The van der Waals surface area contributed by atoms with E-state index in [-0.39, 0.29) is 0 Å². The van der Waals surface area contributed by atoms with Gasteiger partial charge >= 0.3 is 0 Å². The summed E-state index contributed by atoms with van der Waals surface area (Å²) < 4.78 is 11.4. The van der Waals surface area contributed by atoms with Gasteiger partial charge in [0.25, 0.3) is 0 Å². The third kappa shape index (κ3) is 2.96. The van der Waals surface area contributed by atoms with Crippen LogP contribution in [0.4, 0.5) is 0 Å². The maximum Gasteiger partial charge on any atom is 0.180 e. The normalized spacial score (nSPS) is 20.1. The van der Waals surface area contributed by atoms with Gasteiger partial charge in [-0.2, -0.15) is 0 Å². The quantitative estimate of drug-likeness (QED) is 0.898. The molecule has 1 N–H and O–H groups in total. The number of benzene rings is 1. The van der Waals surface area contributed by atoms with Crippen LogP contribution in [0.15, 0.2) is 12.1 Å². The van der Waals surface area contributed by atoms with E-state index in [1.165, 1.54) is 0 Å². The maximum atomic E-state index is 6.47. The average molecular weight is 283 g/mol. The van der Waals surface area contributed by atoms with Gasteiger partial charge in [-0.05, 0) is 11.6 Å². The van der Waals surface area contributed by atoms with E-state index in [1.54, 1.807) is 0 Å². The Morgan fingerprint density at radius 1 is 1.16 bits per heavy atom. The number of nitrogens with zero attached hydrogens (tertiary/aromatic N) is 1. The van der Waals surface area contributed by atoms with Gasteiger partial charge in [0.05, 0.1) is 18.2 Å². The van der Waals surface area contributed by atoms with Crippen LogP contribution in [0.5, 0.6) is 11.5 Å². The molecule has 2 heterocycles.